The van der Waals surface area contributed by atoms with Gasteiger partial charge in [-0.1, -0.05) is 44.7 Å². The van der Waals surface area contributed by atoms with E-state index in [1.165, 1.54) is 24.5 Å². The zero-order chi connectivity index (χ0) is 14.3. The van der Waals surface area contributed by atoms with Crippen LogP contribution >= 0.6 is 0 Å². The zero-order valence-corrected chi connectivity index (χ0v) is 12.7. The van der Waals surface area contributed by atoms with Gasteiger partial charge in [-0.3, -0.25) is 0 Å². The molecule has 100 valence electrons. The van der Waals surface area contributed by atoms with E-state index in [0.29, 0.717) is 0 Å². The average molecular weight is 258 g/mol. The molecule has 0 fully saturated rings. The average Bonchev–Trinajstić information content (AvgIpc) is 2.30. The third-order valence-corrected chi connectivity index (χ3v) is 2.50. The Kier molecular flexibility index (Phi) is 18.6. The molecule has 0 aromatic heterocycles. The van der Waals surface area contributed by atoms with Crippen LogP contribution < -0.4 is 0 Å². The first-order valence-electron chi connectivity index (χ1n) is 5.66. The summed E-state index contributed by atoms with van der Waals surface area (Å²) >= 11 is 0. The largest absolute Gasteiger partial charge is 0.224 e. The van der Waals surface area contributed by atoms with Crippen molar-refractivity contribution in [3.05, 3.63) is 47.9 Å². The van der Waals surface area contributed by atoms with E-state index < -0.39 is 9.84 Å². The van der Waals surface area contributed by atoms with Gasteiger partial charge in [-0.05, 0) is 32.9 Å². The Labute approximate surface area is 107 Å². The molecule has 0 aliphatic heterocycles. The lowest BCUT2D eigenvalue weighted by molar-refractivity contribution is 0.608. The highest BCUT2D eigenvalue weighted by Gasteiger charge is 2.04. The molecule has 0 radical (unpaired) electrons. The number of allylic oxidation sites excluding steroid dienone is 6. The summed E-state index contributed by atoms with van der Waals surface area (Å²) in [6.07, 6.45) is 11.3. The molecule has 3 heteroatoms. The summed E-state index contributed by atoms with van der Waals surface area (Å²) < 4.78 is 21.9. The van der Waals surface area contributed by atoms with Crippen molar-refractivity contribution in [3.63, 3.8) is 0 Å². The summed E-state index contributed by atoms with van der Waals surface area (Å²) in [5, 5.41) is 0. The Hall–Kier alpha value is -1.09. The highest BCUT2D eigenvalue weighted by atomic mass is 32.2. The maximum Gasteiger partial charge on any atom is 0.175 e. The third-order valence-electron chi connectivity index (χ3n) is 1.37. The van der Waals surface area contributed by atoms with Crippen molar-refractivity contribution in [1.29, 1.82) is 0 Å². The zero-order valence-electron chi connectivity index (χ0n) is 11.9. The first-order valence-corrected chi connectivity index (χ1v) is 7.55. The van der Waals surface area contributed by atoms with Crippen molar-refractivity contribution < 1.29 is 8.42 Å². The molecule has 0 heterocycles. The number of rotatable bonds is 3. The van der Waals surface area contributed by atoms with E-state index in [2.05, 4.69) is 6.58 Å². The van der Waals surface area contributed by atoms with E-state index in [1.807, 2.05) is 39.8 Å². The highest BCUT2D eigenvalue weighted by Crippen LogP contribution is 2.05. The van der Waals surface area contributed by atoms with Gasteiger partial charge in [-0.15, -0.1) is 0 Å². The van der Waals surface area contributed by atoms with Gasteiger partial charge in [-0.2, -0.15) is 0 Å². The Balaban J connectivity index is -0.000000275. The monoisotopic (exact) mass is 258 g/mol. The quantitative estimate of drug-likeness (QED) is 0.559. The molecular weight excluding hydrogens is 232 g/mol. The second-order valence-corrected chi connectivity index (χ2v) is 4.76. The Morgan fingerprint density at radius 2 is 1.41 bits per heavy atom. The molecule has 17 heavy (non-hydrogen) atoms. The second-order valence-electron chi connectivity index (χ2n) is 2.74. The minimum absolute atomic E-state index is 0.287. The Morgan fingerprint density at radius 1 is 1.00 bits per heavy atom. The van der Waals surface area contributed by atoms with Crippen molar-refractivity contribution >= 4 is 9.84 Å². The SMILES string of the molecule is C/C=C\C.C=C/C=C(\C=C/C)S(C)(=O)=O.CC. The molecule has 0 unspecified atom stereocenters. The van der Waals surface area contributed by atoms with Crippen molar-refractivity contribution in [2.24, 2.45) is 0 Å². The lowest BCUT2D eigenvalue weighted by Crippen LogP contribution is -1.97. The standard InChI is InChI=1S/C8H12O2S.C4H8.C2H6/c1-4-6-8(7-5-2)11(3,9)10;1-3-4-2;1-2/h4-7H,1H2,2-3H3;3-4H,1-2H3;1-2H3/b7-5-,8-6+;4-3-;. The first-order chi connectivity index (χ1) is 7.93. The van der Waals surface area contributed by atoms with Crippen LogP contribution in [-0.2, 0) is 9.84 Å². The second kappa shape index (κ2) is 14.9. The van der Waals surface area contributed by atoms with E-state index in [-0.39, 0.29) is 4.91 Å². The van der Waals surface area contributed by atoms with Gasteiger partial charge in [0, 0.05) is 6.26 Å². The Bertz CT molecular complexity index is 340. The minimum Gasteiger partial charge on any atom is -0.224 e. The number of hydrogen-bond acceptors (Lipinski definition) is 2. The summed E-state index contributed by atoms with van der Waals surface area (Å²) in [4.78, 5) is 0.287. The van der Waals surface area contributed by atoms with E-state index >= 15 is 0 Å². The number of hydrogen-bond donors (Lipinski definition) is 0. The topological polar surface area (TPSA) is 34.1 Å². The molecule has 0 bridgehead atoms. The molecule has 0 atom stereocenters. The molecule has 0 spiro atoms. The van der Waals surface area contributed by atoms with Crippen molar-refractivity contribution in [1.82, 2.24) is 0 Å². The molecule has 0 aliphatic carbocycles. The molecule has 0 amide bonds. The molecule has 0 saturated heterocycles. The van der Waals surface area contributed by atoms with Crippen LogP contribution in [0.4, 0.5) is 0 Å². The molecule has 2 nitrogen and oxygen atoms in total. The fourth-order valence-corrected chi connectivity index (χ4v) is 1.31. The summed E-state index contributed by atoms with van der Waals surface area (Å²) in [6.45, 7) is 13.2. The van der Waals surface area contributed by atoms with Gasteiger partial charge >= 0.3 is 0 Å². The summed E-state index contributed by atoms with van der Waals surface area (Å²) in [5.74, 6) is 0. The molecule has 0 saturated carbocycles. The van der Waals surface area contributed by atoms with E-state index in [9.17, 15) is 8.42 Å². The van der Waals surface area contributed by atoms with Crippen LogP contribution in [0.5, 0.6) is 0 Å². The fraction of sp³-hybridized carbons (Fsp3) is 0.429. The first kappa shape index (κ1) is 21.2. The molecule has 0 aliphatic rings. The van der Waals surface area contributed by atoms with Gasteiger partial charge in [0.05, 0.1) is 4.91 Å². The maximum atomic E-state index is 10.9. The third kappa shape index (κ3) is 17.5. The molecular formula is C14H26O2S. The number of sulfone groups is 1. The van der Waals surface area contributed by atoms with Crippen LogP contribution in [-0.4, -0.2) is 14.7 Å². The van der Waals surface area contributed by atoms with Crippen LogP contribution in [0, 0.1) is 0 Å². The van der Waals surface area contributed by atoms with Crippen LogP contribution in [0.1, 0.15) is 34.6 Å². The normalized spacial score (nSPS) is 11.5. The van der Waals surface area contributed by atoms with Crippen LogP contribution in [0.3, 0.4) is 0 Å². The molecule has 0 rings (SSSR count). The lowest BCUT2D eigenvalue weighted by Gasteiger charge is -1.94. The summed E-state index contributed by atoms with van der Waals surface area (Å²) in [6, 6.07) is 0. The lowest BCUT2D eigenvalue weighted by atomic mass is 10.4. The van der Waals surface area contributed by atoms with Crippen LogP contribution in [0.2, 0.25) is 0 Å². The van der Waals surface area contributed by atoms with E-state index in [1.54, 1.807) is 13.0 Å². The van der Waals surface area contributed by atoms with Gasteiger partial charge < -0.3 is 0 Å². The maximum absolute atomic E-state index is 10.9. The van der Waals surface area contributed by atoms with Gasteiger partial charge in [0.25, 0.3) is 0 Å². The minimum atomic E-state index is -3.09. The summed E-state index contributed by atoms with van der Waals surface area (Å²) in [5.41, 5.74) is 0. The predicted octanol–water partition coefficient (Wildman–Crippen LogP) is 4.29. The van der Waals surface area contributed by atoms with Crippen molar-refractivity contribution in [3.8, 4) is 0 Å². The molecule has 0 aromatic carbocycles. The van der Waals surface area contributed by atoms with Gasteiger partial charge in [-0.25, -0.2) is 8.42 Å². The highest BCUT2D eigenvalue weighted by molar-refractivity contribution is 7.94. The van der Waals surface area contributed by atoms with Gasteiger partial charge in [0.1, 0.15) is 0 Å². The molecule has 0 aromatic rings. The smallest absolute Gasteiger partial charge is 0.175 e. The van der Waals surface area contributed by atoms with Gasteiger partial charge in [0.2, 0.25) is 0 Å². The van der Waals surface area contributed by atoms with Crippen molar-refractivity contribution in [2.45, 2.75) is 34.6 Å². The summed E-state index contributed by atoms with van der Waals surface area (Å²) in [7, 11) is -3.09. The Morgan fingerprint density at radius 3 is 1.59 bits per heavy atom. The van der Waals surface area contributed by atoms with E-state index in [0.717, 1.165) is 0 Å². The molecule has 0 N–H and O–H groups in total. The van der Waals surface area contributed by atoms with E-state index in [4.69, 9.17) is 0 Å². The van der Waals surface area contributed by atoms with Crippen LogP contribution in [0.15, 0.2) is 47.9 Å². The fourth-order valence-electron chi connectivity index (χ4n) is 0.583. The van der Waals surface area contributed by atoms with Crippen LogP contribution in [0.25, 0.3) is 0 Å². The van der Waals surface area contributed by atoms with Gasteiger partial charge in [0.15, 0.2) is 9.84 Å². The predicted molar refractivity (Wildman–Crippen MR) is 79.8 cm³/mol. The van der Waals surface area contributed by atoms with Crippen molar-refractivity contribution in [2.75, 3.05) is 6.26 Å².